The molecule has 2 saturated carbocycles. The molecule has 0 amide bonds. The smallest absolute Gasteiger partial charge is 0.303 e. The molecule has 74 valence electrons. The van der Waals surface area contributed by atoms with Crippen molar-refractivity contribution in [1.82, 2.24) is 0 Å². The molecule has 0 aliphatic heterocycles. The van der Waals surface area contributed by atoms with Gasteiger partial charge in [-0.05, 0) is 49.4 Å². The summed E-state index contributed by atoms with van der Waals surface area (Å²) in [6.45, 7) is 2.14. The molecule has 0 heterocycles. The van der Waals surface area contributed by atoms with Crippen LogP contribution in [0, 0.1) is 17.3 Å². The summed E-state index contributed by atoms with van der Waals surface area (Å²) in [4.78, 5) is 10.8. The Bertz CT molecular complexity index is 224. The minimum absolute atomic E-state index is 0.156. The van der Waals surface area contributed by atoms with Gasteiger partial charge in [-0.15, -0.1) is 0 Å². The molecule has 0 radical (unpaired) electrons. The van der Waals surface area contributed by atoms with Gasteiger partial charge in [0.2, 0.25) is 0 Å². The molecular formula is C11H18O2. The predicted octanol–water partition coefficient (Wildman–Crippen LogP) is 2.68. The van der Waals surface area contributed by atoms with Crippen LogP contribution in [0.2, 0.25) is 0 Å². The SMILES string of the molecule is CCC1(CC(=O)O)CCC2CC2C1. The number of carbonyl (C=O) groups is 1. The maximum atomic E-state index is 10.8. The molecule has 2 heteroatoms. The van der Waals surface area contributed by atoms with Gasteiger partial charge in [-0.25, -0.2) is 0 Å². The second-order valence-electron chi connectivity index (χ2n) is 4.92. The van der Waals surface area contributed by atoms with Gasteiger partial charge in [-0.1, -0.05) is 6.92 Å². The van der Waals surface area contributed by atoms with Crippen LogP contribution in [0.3, 0.4) is 0 Å². The molecule has 2 fully saturated rings. The minimum atomic E-state index is -0.610. The molecule has 13 heavy (non-hydrogen) atoms. The van der Waals surface area contributed by atoms with E-state index in [2.05, 4.69) is 6.92 Å². The Labute approximate surface area is 79.3 Å². The third-order valence-electron chi connectivity index (χ3n) is 4.09. The molecule has 0 saturated heterocycles. The largest absolute Gasteiger partial charge is 0.481 e. The molecule has 0 aromatic heterocycles. The van der Waals surface area contributed by atoms with Crippen LogP contribution in [-0.4, -0.2) is 11.1 Å². The summed E-state index contributed by atoms with van der Waals surface area (Å²) < 4.78 is 0. The number of fused-ring (bicyclic) bond motifs is 1. The highest BCUT2D eigenvalue weighted by Crippen LogP contribution is 2.58. The number of carboxylic acid groups (broad SMARTS) is 1. The van der Waals surface area contributed by atoms with Crippen molar-refractivity contribution in [3.05, 3.63) is 0 Å². The molecule has 2 rings (SSSR count). The molecule has 2 nitrogen and oxygen atoms in total. The first-order valence-electron chi connectivity index (χ1n) is 5.37. The highest BCUT2D eigenvalue weighted by Gasteiger charge is 2.48. The maximum Gasteiger partial charge on any atom is 0.303 e. The zero-order valence-corrected chi connectivity index (χ0v) is 8.25. The van der Waals surface area contributed by atoms with Gasteiger partial charge in [0, 0.05) is 0 Å². The molecule has 0 bridgehead atoms. The van der Waals surface area contributed by atoms with Gasteiger partial charge in [0.15, 0.2) is 0 Å². The highest BCUT2D eigenvalue weighted by molar-refractivity contribution is 5.67. The van der Waals surface area contributed by atoms with Crippen molar-refractivity contribution in [2.24, 2.45) is 17.3 Å². The fourth-order valence-corrected chi connectivity index (χ4v) is 2.99. The lowest BCUT2D eigenvalue weighted by Crippen LogP contribution is -2.27. The molecule has 0 spiro atoms. The van der Waals surface area contributed by atoms with Crippen molar-refractivity contribution in [2.75, 3.05) is 0 Å². The van der Waals surface area contributed by atoms with Crippen molar-refractivity contribution in [3.63, 3.8) is 0 Å². The lowest BCUT2D eigenvalue weighted by Gasteiger charge is -2.34. The average Bonchev–Trinajstić information content (AvgIpc) is 2.81. The number of aliphatic carboxylic acids is 1. The summed E-state index contributed by atoms with van der Waals surface area (Å²) in [5, 5.41) is 8.86. The summed E-state index contributed by atoms with van der Waals surface area (Å²) >= 11 is 0. The maximum absolute atomic E-state index is 10.8. The summed E-state index contributed by atoms with van der Waals surface area (Å²) in [5.74, 6) is 1.24. The van der Waals surface area contributed by atoms with Gasteiger partial charge in [-0.3, -0.25) is 4.79 Å². The average molecular weight is 182 g/mol. The van der Waals surface area contributed by atoms with E-state index in [9.17, 15) is 4.79 Å². The first-order chi connectivity index (χ1) is 6.15. The van der Waals surface area contributed by atoms with Crippen molar-refractivity contribution >= 4 is 5.97 Å². The second-order valence-corrected chi connectivity index (χ2v) is 4.92. The van der Waals surface area contributed by atoms with E-state index in [1.54, 1.807) is 0 Å². The van der Waals surface area contributed by atoms with Gasteiger partial charge >= 0.3 is 5.97 Å². The van der Waals surface area contributed by atoms with Crippen LogP contribution in [0.15, 0.2) is 0 Å². The van der Waals surface area contributed by atoms with Gasteiger partial charge in [0.25, 0.3) is 0 Å². The van der Waals surface area contributed by atoms with E-state index in [4.69, 9.17) is 5.11 Å². The standard InChI is InChI=1S/C11H18O2/c1-2-11(7-10(12)13)4-3-8-5-9(8)6-11/h8-9H,2-7H2,1H3,(H,12,13). The Balaban J connectivity index is 2.01. The number of rotatable bonds is 3. The Hall–Kier alpha value is -0.530. The van der Waals surface area contributed by atoms with E-state index >= 15 is 0 Å². The topological polar surface area (TPSA) is 37.3 Å². The van der Waals surface area contributed by atoms with E-state index in [1.807, 2.05) is 0 Å². The third kappa shape index (κ3) is 1.72. The van der Waals surface area contributed by atoms with Crippen molar-refractivity contribution in [1.29, 1.82) is 0 Å². The first-order valence-corrected chi connectivity index (χ1v) is 5.37. The molecule has 2 aliphatic rings. The van der Waals surface area contributed by atoms with Crippen LogP contribution in [-0.2, 0) is 4.79 Å². The van der Waals surface area contributed by atoms with E-state index in [-0.39, 0.29) is 5.41 Å². The molecule has 0 aromatic carbocycles. The molecule has 3 unspecified atom stereocenters. The Morgan fingerprint density at radius 1 is 1.54 bits per heavy atom. The van der Waals surface area contributed by atoms with Crippen LogP contribution in [0.5, 0.6) is 0 Å². The highest BCUT2D eigenvalue weighted by atomic mass is 16.4. The van der Waals surface area contributed by atoms with E-state index in [0.29, 0.717) is 6.42 Å². The Kier molecular flexibility index (Phi) is 2.09. The lowest BCUT2D eigenvalue weighted by molar-refractivity contribution is -0.140. The number of carboxylic acids is 1. The van der Waals surface area contributed by atoms with Crippen LogP contribution >= 0.6 is 0 Å². The zero-order valence-electron chi connectivity index (χ0n) is 8.25. The normalized spacial score (nSPS) is 42.5. The van der Waals surface area contributed by atoms with Crippen LogP contribution in [0.1, 0.15) is 45.4 Å². The van der Waals surface area contributed by atoms with Gasteiger partial charge in [0.05, 0.1) is 6.42 Å². The minimum Gasteiger partial charge on any atom is -0.481 e. The zero-order chi connectivity index (χ0) is 9.47. The second kappa shape index (κ2) is 3.00. The van der Waals surface area contributed by atoms with E-state index in [0.717, 1.165) is 24.7 Å². The summed E-state index contributed by atoms with van der Waals surface area (Å²) in [6, 6.07) is 0. The quantitative estimate of drug-likeness (QED) is 0.728. The van der Waals surface area contributed by atoms with E-state index < -0.39 is 5.97 Å². The van der Waals surface area contributed by atoms with Crippen molar-refractivity contribution in [2.45, 2.75) is 45.4 Å². The molecule has 0 aromatic rings. The fraction of sp³-hybridized carbons (Fsp3) is 0.909. The summed E-state index contributed by atoms with van der Waals surface area (Å²) in [7, 11) is 0. The lowest BCUT2D eigenvalue weighted by atomic mass is 9.70. The van der Waals surface area contributed by atoms with Crippen LogP contribution in [0.25, 0.3) is 0 Å². The molecular weight excluding hydrogens is 164 g/mol. The monoisotopic (exact) mass is 182 g/mol. The summed E-state index contributed by atoms with van der Waals surface area (Å²) in [5.41, 5.74) is 0.156. The van der Waals surface area contributed by atoms with Gasteiger partial charge in [-0.2, -0.15) is 0 Å². The molecule has 1 N–H and O–H groups in total. The van der Waals surface area contributed by atoms with Crippen molar-refractivity contribution in [3.8, 4) is 0 Å². The first kappa shape index (κ1) is 9.04. The molecule has 2 aliphatic carbocycles. The Morgan fingerprint density at radius 3 is 2.85 bits per heavy atom. The van der Waals surface area contributed by atoms with Crippen molar-refractivity contribution < 1.29 is 9.90 Å². The predicted molar refractivity (Wildman–Crippen MR) is 50.4 cm³/mol. The molecule has 3 atom stereocenters. The summed E-state index contributed by atoms with van der Waals surface area (Å²) in [6.07, 6.45) is 6.43. The Morgan fingerprint density at radius 2 is 2.31 bits per heavy atom. The van der Waals surface area contributed by atoms with E-state index in [1.165, 1.54) is 19.3 Å². The number of hydrogen-bond acceptors (Lipinski definition) is 1. The third-order valence-corrected chi connectivity index (χ3v) is 4.09. The van der Waals surface area contributed by atoms with Gasteiger partial charge in [0.1, 0.15) is 0 Å². The van der Waals surface area contributed by atoms with Gasteiger partial charge < -0.3 is 5.11 Å². The fourth-order valence-electron chi connectivity index (χ4n) is 2.99. The van der Waals surface area contributed by atoms with Crippen LogP contribution < -0.4 is 0 Å². The number of hydrogen-bond donors (Lipinski definition) is 1. The van der Waals surface area contributed by atoms with Crippen LogP contribution in [0.4, 0.5) is 0 Å².